The fourth-order valence-corrected chi connectivity index (χ4v) is 3.07. The average Bonchev–Trinajstić information content (AvgIpc) is 3.11. The Hall–Kier alpha value is -2.93. The summed E-state index contributed by atoms with van der Waals surface area (Å²) < 4.78 is 10.9. The third-order valence-electron chi connectivity index (χ3n) is 3.44. The van der Waals surface area contributed by atoms with Crippen LogP contribution in [0.1, 0.15) is 24.2 Å². The number of hydrogen-bond donors (Lipinski definition) is 1. The molecule has 0 bridgehead atoms. The first kappa shape index (κ1) is 17.9. The standard InChI is InChI=1S/C19H19N3O3S/c1-3-24-15-9-5-7-13(11-15)17(23)20-19-22-21-18(26-19)14-8-6-10-16(12-14)25-4-2/h5-12H,3-4H2,1-2H3,(H,20,22,23). The largest absolute Gasteiger partial charge is 0.494 e. The second-order valence-electron chi connectivity index (χ2n) is 5.29. The molecule has 26 heavy (non-hydrogen) atoms. The van der Waals surface area contributed by atoms with Gasteiger partial charge in [-0.2, -0.15) is 0 Å². The monoisotopic (exact) mass is 369 g/mol. The van der Waals surface area contributed by atoms with E-state index >= 15 is 0 Å². The van der Waals surface area contributed by atoms with Crippen molar-refractivity contribution in [1.82, 2.24) is 10.2 Å². The second-order valence-corrected chi connectivity index (χ2v) is 6.27. The minimum absolute atomic E-state index is 0.252. The molecule has 1 amide bonds. The molecule has 0 fully saturated rings. The summed E-state index contributed by atoms with van der Waals surface area (Å²) in [6.07, 6.45) is 0. The number of nitrogens with zero attached hydrogens (tertiary/aromatic N) is 2. The van der Waals surface area contributed by atoms with Gasteiger partial charge in [-0.05, 0) is 44.2 Å². The number of benzene rings is 2. The molecule has 0 spiro atoms. The van der Waals surface area contributed by atoms with Gasteiger partial charge < -0.3 is 9.47 Å². The van der Waals surface area contributed by atoms with Gasteiger partial charge in [-0.15, -0.1) is 10.2 Å². The van der Waals surface area contributed by atoms with E-state index in [2.05, 4.69) is 15.5 Å². The lowest BCUT2D eigenvalue weighted by molar-refractivity contribution is 0.102. The first-order valence-electron chi connectivity index (χ1n) is 8.30. The van der Waals surface area contributed by atoms with Crippen LogP contribution in [-0.2, 0) is 0 Å². The van der Waals surface area contributed by atoms with Gasteiger partial charge in [0.15, 0.2) is 0 Å². The first-order chi connectivity index (χ1) is 12.7. The summed E-state index contributed by atoms with van der Waals surface area (Å²) >= 11 is 1.31. The van der Waals surface area contributed by atoms with E-state index in [1.807, 2.05) is 44.2 Å². The van der Waals surface area contributed by atoms with Crippen LogP contribution in [0.2, 0.25) is 0 Å². The van der Waals surface area contributed by atoms with Crippen LogP contribution in [0.4, 0.5) is 5.13 Å². The number of ether oxygens (including phenoxy) is 2. The normalized spacial score (nSPS) is 10.4. The molecule has 0 saturated heterocycles. The number of amides is 1. The molecule has 0 radical (unpaired) electrons. The number of hydrogen-bond acceptors (Lipinski definition) is 6. The molecule has 0 aliphatic heterocycles. The van der Waals surface area contributed by atoms with Crippen molar-refractivity contribution in [2.45, 2.75) is 13.8 Å². The number of nitrogens with one attached hydrogen (secondary N) is 1. The molecule has 0 aliphatic carbocycles. The summed E-state index contributed by atoms with van der Waals surface area (Å²) in [5.41, 5.74) is 1.40. The first-order valence-corrected chi connectivity index (χ1v) is 9.12. The van der Waals surface area contributed by atoms with Crippen LogP contribution in [0.3, 0.4) is 0 Å². The third kappa shape index (κ3) is 4.37. The topological polar surface area (TPSA) is 73.3 Å². The van der Waals surface area contributed by atoms with E-state index in [-0.39, 0.29) is 5.91 Å². The Labute approximate surface area is 155 Å². The van der Waals surface area contributed by atoms with Crippen LogP contribution < -0.4 is 14.8 Å². The van der Waals surface area contributed by atoms with Crippen molar-refractivity contribution < 1.29 is 14.3 Å². The van der Waals surface area contributed by atoms with Gasteiger partial charge in [-0.3, -0.25) is 10.1 Å². The minimum Gasteiger partial charge on any atom is -0.494 e. The molecule has 0 unspecified atom stereocenters. The van der Waals surface area contributed by atoms with Gasteiger partial charge in [-0.25, -0.2) is 0 Å². The zero-order chi connectivity index (χ0) is 18.4. The quantitative estimate of drug-likeness (QED) is 0.674. The van der Waals surface area contributed by atoms with Gasteiger partial charge in [0, 0.05) is 11.1 Å². The Morgan fingerprint density at radius 3 is 2.42 bits per heavy atom. The Balaban J connectivity index is 1.73. The van der Waals surface area contributed by atoms with E-state index in [4.69, 9.17) is 9.47 Å². The lowest BCUT2D eigenvalue weighted by Crippen LogP contribution is -2.11. The van der Waals surface area contributed by atoms with Crippen molar-refractivity contribution in [1.29, 1.82) is 0 Å². The molecule has 0 aliphatic rings. The number of aromatic nitrogens is 2. The molecule has 0 saturated carbocycles. The number of carbonyl (C=O) groups is 1. The van der Waals surface area contributed by atoms with Crippen LogP contribution in [0, 0.1) is 0 Å². The van der Waals surface area contributed by atoms with Crippen LogP contribution >= 0.6 is 11.3 Å². The van der Waals surface area contributed by atoms with Crippen molar-refractivity contribution in [3.8, 4) is 22.1 Å². The third-order valence-corrected chi connectivity index (χ3v) is 4.33. The molecule has 1 aromatic heterocycles. The summed E-state index contributed by atoms with van der Waals surface area (Å²) in [7, 11) is 0. The van der Waals surface area contributed by atoms with E-state index in [0.29, 0.717) is 34.7 Å². The second kappa shape index (κ2) is 8.44. The average molecular weight is 369 g/mol. The number of carbonyl (C=O) groups excluding carboxylic acids is 1. The molecule has 6 nitrogen and oxygen atoms in total. The Morgan fingerprint density at radius 2 is 1.69 bits per heavy atom. The highest BCUT2D eigenvalue weighted by Gasteiger charge is 2.12. The van der Waals surface area contributed by atoms with Gasteiger partial charge in [0.1, 0.15) is 16.5 Å². The smallest absolute Gasteiger partial charge is 0.257 e. The summed E-state index contributed by atoms with van der Waals surface area (Å²) in [6.45, 7) is 4.98. The molecule has 0 atom stereocenters. The summed E-state index contributed by atoms with van der Waals surface area (Å²) in [4.78, 5) is 12.4. The highest BCUT2D eigenvalue weighted by Crippen LogP contribution is 2.29. The Kier molecular flexibility index (Phi) is 5.80. The maximum atomic E-state index is 12.4. The summed E-state index contributed by atoms with van der Waals surface area (Å²) in [6, 6.07) is 14.7. The van der Waals surface area contributed by atoms with Gasteiger partial charge in [-0.1, -0.05) is 29.5 Å². The van der Waals surface area contributed by atoms with Crippen LogP contribution in [0.5, 0.6) is 11.5 Å². The van der Waals surface area contributed by atoms with Crippen LogP contribution in [0.15, 0.2) is 48.5 Å². The van der Waals surface area contributed by atoms with Crippen molar-refractivity contribution in [2.75, 3.05) is 18.5 Å². The molecule has 2 aromatic carbocycles. The Morgan fingerprint density at radius 1 is 1.00 bits per heavy atom. The summed E-state index contributed by atoms with van der Waals surface area (Å²) in [5, 5.41) is 12.1. The zero-order valence-corrected chi connectivity index (χ0v) is 15.4. The van der Waals surface area contributed by atoms with Gasteiger partial charge in [0.25, 0.3) is 5.91 Å². The molecule has 134 valence electrons. The van der Waals surface area contributed by atoms with Gasteiger partial charge in [0.05, 0.1) is 13.2 Å². The van der Waals surface area contributed by atoms with Gasteiger partial charge >= 0.3 is 0 Å². The van der Waals surface area contributed by atoms with Crippen LogP contribution in [-0.4, -0.2) is 29.3 Å². The zero-order valence-electron chi connectivity index (χ0n) is 14.6. The van der Waals surface area contributed by atoms with E-state index in [9.17, 15) is 4.79 Å². The highest BCUT2D eigenvalue weighted by atomic mass is 32.1. The van der Waals surface area contributed by atoms with E-state index in [0.717, 1.165) is 11.3 Å². The molecule has 3 rings (SSSR count). The lowest BCUT2D eigenvalue weighted by Gasteiger charge is -2.05. The Bertz CT molecular complexity index is 895. The van der Waals surface area contributed by atoms with Crippen molar-refractivity contribution in [3.63, 3.8) is 0 Å². The molecule has 1 N–H and O–H groups in total. The SMILES string of the molecule is CCOc1cccc(C(=O)Nc2nnc(-c3cccc(OCC)c3)s2)c1. The van der Waals surface area contributed by atoms with E-state index in [1.54, 1.807) is 18.2 Å². The van der Waals surface area contributed by atoms with Crippen LogP contribution in [0.25, 0.3) is 10.6 Å². The van der Waals surface area contributed by atoms with Crippen molar-refractivity contribution in [2.24, 2.45) is 0 Å². The fraction of sp³-hybridized carbons (Fsp3) is 0.211. The molecular formula is C19H19N3O3S. The lowest BCUT2D eigenvalue weighted by atomic mass is 10.2. The fourth-order valence-electron chi connectivity index (χ4n) is 2.34. The minimum atomic E-state index is -0.252. The van der Waals surface area contributed by atoms with Crippen molar-refractivity contribution in [3.05, 3.63) is 54.1 Å². The predicted octanol–water partition coefficient (Wildman–Crippen LogP) is 4.25. The maximum Gasteiger partial charge on any atom is 0.257 e. The molecule has 1 heterocycles. The maximum absolute atomic E-state index is 12.4. The van der Waals surface area contributed by atoms with E-state index in [1.165, 1.54) is 11.3 Å². The molecule has 3 aromatic rings. The van der Waals surface area contributed by atoms with Crippen molar-refractivity contribution >= 4 is 22.4 Å². The highest BCUT2D eigenvalue weighted by molar-refractivity contribution is 7.18. The molecular weight excluding hydrogens is 350 g/mol. The summed E-state index contributed by atoms with van der Waals surface area (Å²) in [5.74, 6) is 1.18. The predicted molar refractivity (Wildman–Crippen MR) is 102 cm³/mol. The number of anilines is 1. The molecule has 7 heteroatoms. The van der Waals surface area contributed by atoms with E-state index < -0.39 is 0 Å². The van der Waals surface area contributed by atoms with Gasteiger partial charge in [0.2, 0.25) is 5.13 Å². The number of rotatable bonds is 7.